The smallest absolute Gasteiger partial charge is 0.276 e. The maximum atomic E-state index is 11.9. The van der Waals surface area contributed by atoms with Gasteiger partial charge in [-0.3, -0.25) is 9.59 Å². The van der Waals surface area contributed by atoms with Crippen LogP contribution in [0.2, 0.25) is 0 Å². The fourth-order valence-electron chi connectivity index (χ4n) is 1.54. The lowest BCUT2D eigenvalue weighted by molar-refractivity contribution is 0.102. The molecule has 0 aliphatic carbocycles. The van der Waals surface area contributed by atoms with Gasteiger partial charge in [-0.2, -0.15) is 5.10 Å². The molecular formula is C14H15N3O4. The Hall–Kier alpha value is -2.67. The zero-order chi connectivity index (χ0) is 15.1. The Labute approximate surface area is 120 Å². The van der Waals surface area contributed by atoms with E-state index in [1.54, 1.807) is 31.4 Å². The van der Waals surface area contributed by atoms with Gasteiger partial charge < -0.3 is 14.8 Å². The Balaban J connectivity index is 1.95. The van der Waals surface area contributed by atoms with Crippen molar-refractivity contribution in [2.24, 2.45) is 0 Å². The maximum Gasteiger partial charge on any atom is 0.276 e. The number of H-pyrrole nitrogens is 1. The lowest BCUT2D eigenvalue weighted by Gasteiger charge is -2.07. The molecule has 1 heterocycles. The summed E-state index contributed by atoms with van der Waals surface area (Å²) in [5.41, 5.74) is 0.381. The first-order valence-corrected chi connectivity index (χ1v) is 6.28. The Bertz CT molecular complexity index is 632. The van der Waals surface area contributed by atoms with Crippen LogP contribution < -0.4 is 15.6 Å². The van der Waals surface area contributed by atoms with Crippen molar-refractivity contribution in [1.82, 2.24) is 10.2 Å². The number of benzene rings is 1. The first-order chi connectivity index (χ1) is 10.2. The minimum atomic E-state index is -0.403. The number of ether oxygens (including phenoxy) is 2. The molecule has 0 fully saturated rings. The van der Waals surface area contributed by atoms with Gasteiger partial charge in [0.25, 0.3) is 11.5 Å². The minimum Gasteiger partial charge on any atom is -0.491 e. The van der Waals surface area contributed by atoms with Gasteiger partial charge in [0.15, 0.2) is 0 Å². The van der Waals surface area contributed by atoms with Crippen LogP contribution in [-0.2, 0) is 4.74 Å². The number of nitrogens with zero attached hydrogens (tertiary/aromatic N) is 1. The van der Waals surface area contributed by atoms with Crippen molar-refractivity contribution in [2.75, 3.05) is 25.6 Å². The molecule has 0 unspecified atom stereocenters. The van der Waals surface area contributed by atoms with Crippen molar-refractivity contribution in [2.45, 2.75) is 0 Å². The molecule has 0 radical (unpaired) electrons. The number of anilines is 1. The Morgan fingerprint density at radius 3 is 2.57 bits per heavy atom. The predicted octanol–water partition coefficient (Wildman–Crippen LogP) is 1.05. The van der Waals surface area contributed by atoms with E-state index in [4.69, 9.17) is 9.47 Å². The molecule has 1 aromatic heterocycles. The summed E-state index contributed by atoms with van der Waals surface area (Å²) in [6.07, 6.45) is 0. The van der Waals surface area contributed by atoms with Gasteiger partial charge in [0.1, 0.15) is 18.1 Å². The minimum absolute atomic E-state index is 0.134. The Kier molecular flexibility index (Phi) is 5.05. The van der Waals surface area contributed by atoms with E-state index in [1.165, 1.54) is 12.1 Å². The number of carbonyl (C=O) groups is 1. The number of methoxy groups -OCH3 is 1. The zero-order valence-corrected chi connectivity index (χ0v) is 11.5. The topological polar surface area (TPSA) is 93.3 Å². The Morgan fingerprint density at radius 1 is 1.19 bits per heavy atom. The lowest BCUT2D eigenvalue weighted by Crippen LogP contribution is -2.17. The second-order valence-electron chi connectivity index (χ2n) is 4.13. The quantitative estimate of drug-likeness (QED) is 0.775. The molecule has 2 N–H and O–H groups in total. The molecule has 0 bridgehead atoms. The fourth-order valence-corrected chi connectivity index (χ4v) is 1.54. The molecule has 1 aromatic carbocycles. The van der Waals surface area contributed by atoms with Gasteiger partial charge in [-0.25, -0.2) is 5.10 Å². The number of hydrogen-bond acceptors (Lipinski definition) is 5. The third kappa shape index (κ3) is 4.43. The molecular weight excluding hydrogens is 274 g/mol. The van der Waals surface area contributed by atoms with Crippen LogP contribution in [0.1, 0.15) is 10.5 Å². The van der Waals surface area contributed by atoms with Crippen molar-refractivity contribution in [3.05, 3.63) is 52.4 Å². The van der Waals surface area contributed by atoms with Crippen molar-refractivity contribution in [3.63, 3.8) is 0 Å². The monoisotopic (exact) mass is 289 g/mol. The molecule has 0 saturated heterocycles. The highest BCUT2D eigenvalue weighted by Gasteiger charge is 2.07. The summed E-state index contributed by atoms with van der Waals surface area (Å²) in [5, 5.41) is 8.53. The van der Waals surface area contributed by atoms with Gasteiger partial charge in [-0.05, 0) is 30.3 Å². The van der Waals surface area contributed by atoms with Gasteiger partial charge in [0.2, 0.25) is 0 Å². The van der Waals surface area contributed by atoms with Crippen LogP contribution in [0.5, 0.6) is 5.75 Å². The van der Waals surface area contributed by atoms with E-state index in [1.807, 2.05) is 0 Å². The highest BCUT2D eigenvalue weighted by Crippen LogP contribution is 2.16. The number of amides is 1. The molecule has 2 rings (SSSR count). The van der Waals surface area contributed by atoms with E-state index in [2.05, 4.69) is 15.5 Å². The fraction of sp³-hybridized carbons (Fsp3) is 0.214. The zero-order valence-electron chi connectivity index (χ0n) is 11.5. The van der Waals surface area contributed by atoms with Crippen LogP contribution in [0.15, 0.2) is 41.2 Å². The molecule has 0 aliphatic rings. The molecule has 7 heteroatoms. The van der Waals surface area contributed by atoms with Gasteiger partial charge in [-0.15, -0.1) is 0 Å². The number of carbonyl (C=O) groups excluding carboxylic acids is 1. The summed E-state index contributed by atoms with van der Waals surface area (Å²) in [4.78, 5) is 22.8. The van der Waals surface area contributed by atoms with Crippen LogP contribution in [0.3, 0.4) is 0 Å². The molecule has 1 amide bonds. The van der Waals surface area contributed by atoms with Gasteiger partial charge in [0, 0.05) is 18.9 Å². The summed E-state index contributed by atoms with van der Waals surface area (Å²) >= 11 is 0. The van der Waals surface area contributed by atoms with Crippen LogP contribution in [-0.4, -0.2) is 36.4 Å². The maximum absolute atomic E-state index is 11.9. The normalized spacial score (nSPS) is 10.1. The number of nitrogens with one attached hydrogen (secondary N) is 2. The molecule has 0 atom stereocenters. The third-order valence-electron chi connectivity index (χ3n) is 2.58. The average Bonchev–Trinajstić information content (AvgIpc) is 2.50. The highest BCUT2D eigenvalue weighted by molar-refractivity contribution is 6.02. The second kappa shape index (κ2) is 7.20. The van der Waals surface area contributed by atoms with Crippen molar-refractivity contribution in [3.8, 4) is 5.75 Å². The molecule has 110 valence electrons. The summed E-state index contributed by atoms with van der Waals surface area (Å²) in [6.45, 7) is 0.972. The first-order valence-electron chi connectivity index (χ1n) is 6.28. The Morgan fingerprint density at radius 2 is 1.95 bits per heavy atom. The summed E-state index contributed by atoms with van der Waals surface area (Å²) < 4.78 is 10.3. The predicted molar refractivity (Wildman–Crippen MR) is 76.6 cm³/mol. The van der Waals surface area contributed by atoms with Crippen LogP contribution in [0.25, 0.3) is 0 Å². The largest absolute Gasteiger partial charge is 0.491 e. The summed E-state index contributed by atoms with van der Waals surface area (Å²) in [5.74, 6) is 0.284. The molecule has 21 heavy (non-hydrogen) atoms. The van der Waals surface area contributed by atoms with Gasteiger partial charge >= 0.3 is 0 Å². The average molecular weight is 289 g/mol. The molecule has 0 aliphatic heterocycles. The van der Waals surface area contributed by atoms with E-state index in [0.717, 1.165) is 0 Å². The van der Waals surface area contributed by atoms with Crippen molar-refractivity contribution < 1.29 is 14.3 Å². The van der Waals surface area contributed by atoms with Crippen LogP contribution in [0, 0.1) is 0 Å². The van der Waals surface area contributed by atoms with E-state index in [0.29, 0.717) is 24.7 Å². The van der Waals surface area contributed by atoms with Crippen molar-refractivity contribution in [1.29, 1.82) is 0 Å². The number of aromatic nitrogens is 2. The SMILES string of the molecule is COCCOc1ccc(NC(=O)c2ccc(=O)[nH]n2)cc1. The summed E-state index contributed by atoms with van der Waals surface area (Å²) in [6, 6.07) is 9.51. The van der Waals surface area contributed by atoms with Crippen LogP contribution in [0.4, 0.5) is 5.69 Å². The second-order valence-corrected chi connectivity index (χ2v) is 4.13. The number of aromatic amines is 1. The lowest BCUT2D eigenvalue weighted by atomic mass is 10.3. The van der Waals surface area contributed by atoms with Gasteiger partial charge in [-0.1, -0.05) is 0 Å². The first kappa shape index (κ1) is 14.7. The molecule has 2 aromatic rings. The van der Waals surface area contributed by atoms with Gasteiger partial charge in [0.05, 0.1) is 6.61 Å². The van der Waals surface area contributed by atoms with E-state index >= 15 is 0 Å². The standard InChI is InChI=1S/C14H15N3O4/c1-20-8-9-21-11-4-2-10(3-5-11)15-14(19)12-6-7-13(18)17-16-12/h2-7H,8-9H2,1H3,(H,15,19)(H,17,18). The van der Waals surface area contributed by atoms with E-state index < -0.39 is 5.91 Å². The molecule has 0 saturated carbocycles. The van der Waals surface area contributed by atoms with Crippen LogP contribution >= 0.6 is 0 Å². The highest BCUT2D eigenvalue weighted by atomic mass is 16.5. The van der Waals surface area contributed by atoms with Crippen molar-refractivity contribution >= 4 is 11.6 Å². The third-order valence-corrected chi connectivity index (χ3v) is 2.58. The van der Waals surface area contributed by atoms with E-state index in [-0.39, 0.29) is 11.3 Å². The van der Waals surface area contributed by atoms with E-state index in [9.17, 15) is 9.59 Å². The number of rotatable bonds is 6. The molecule has 7 nitrogen and oxygen atoms in total. The summed E-state index contributed by atoms with van der Waals surface area (Å²) in [7, 11) is 1.60. The molecule has 0 spiro atoms. The number of hydrogen-bond donors (Lipinski definition) is 2.